The quantitative estimate of drug-likeness (QED) is 0.190. The summed E-state index contributed by atoms with van der Waals surface area (Å²) in [4.78, 5) is 21.2. The Bertz CT molecular complexity index is 1970. The van der Waals surface area contributed by atoms with Gasteiger partial charge in [-0.25, -0.2) is 9.79 Å². The van der Waals surface area contributed by atoms with E-state index in [1.54, 1.807) is 12.1 Å². The smallest absolute Gasteiger partial charge is 0.336 e. The molecular weight excluding hydrogens is 536 g/mol. The Morgan fingerprint density at radius 1 is 0.721 bits per heavy atom. The predicted octanol–water partition coefficient (Wildman–Crippen LogP) is 8.01. The Hall–Kier alpha value is -5.56. The molecule has 0 spiro atoms. The summed E-state index contributed by atoms with van der Waals surface area (Å²) in [7, 11) is 8.03. The number of nitrogens with one attached hydrogen (secondary N) is 1. The molecule has 0 fully saturated rings. The van der Waals surface area contributed by atoms with Gasteiger partial charge in [-0.15, -0.1) is 0 Å². The van der Waals surface area contributed by atoms with Crippen molar-refractivity contribution >= 4 is 45.4 Å². The zero-order valence-corrected chi connectivity index (χ0v) is 24.5. The van der Waals surface area contributed by atoms with E-state index in [-0.39, 0.29) is 5.56 Å². The van der Waals surface area contributed by atoms with Gasteiger partial charge in [0.1, 0.15) is 11.3 Å². The first-order valence-corrected chi connectivity index (χ1v) is 14.0. The van der Waals surface area contributed by atoms with Crippen molar-refractivity contribution in [3.8, 4) is 22.5 Å². The van der Waals surface area contributed by atoms with Gasteiger partial charge in [-0.05, 0) is 84.4 Å². The Morgan fingerprint density at radius 2 is 1.37 bits per heavy atom. The first-order chi connectivity index (χ1) is 20.8. The third-order valence-corrected chi connectivity index (χ3v) is 7.43. The molecule has 2 N–H and O–H groups in total. The molecule has 2 aliphatic rings. The van der Waals surface area contributed by atoms with E-state index in [2.05, 4.69) is 22.3 Å². The van der Waals surface area contributed by atoms with Crippen LogP contribution in [0.2, 0.25) is 0 Å². The summed E-state index contributed by atoms with van der Waals surface area (Å²) in [6.45, 7) is 0. The highest BCUT2D eigenvalue weighted by molar-refractivity contribution is 6.07. The SMILES string of the molecule is CN(C)c1ccc(/N=c2/ccc3c(-c4ccccc4C(=O)O)c4ccc(Nc5ccc(N(C)C)cc5)cc4oc-3c2)cc1. The average molecular weight is 569 g/mol. The summed E-state index contributed by atoms with van der Waals surface area (Å²) in [6.07, 6.45) is 0. The molecule has 43 heavy (non-hydrogen) atoms. The lowest BCUT2D eigenvalue weighted by Gasteiger charge is -2.18. The first-order valence-electron chi connectivity index (χ1n) is 14.0. The molecule has 0 atom stereocenters. The van der Waals surface area contributed by atoms with E-state index in [1.807, 2.05) is 118 Å². The lowest BCUT2D eigenvalue weighted by molar-refractivity contribution is 0.0697. The fourth-order valence-corrected chi connectivity index (χ4v) is 5.19. The molecule has 7 heteroatoms. The number of fused-ring (bicyclic) bond motifs is 2. The molecule has 4 aromatic rings. The van der Waals surface area contributed by atoms with E-state index in [0.29, 0.717) is 16.9 Å². The van der Waals surface area contributed by atoms with Gasteiger partial charge >= 0.3 is 5.97 Å². The van der Waals surface area contributed by atoms with Crippen molar-refractivity contribution in [3.63, 3.8) is 0 Å². The number of hydrogen-bond acceptors (Lipinski definition) is 6. The Kier molecular flexibility index (Phi) is 7.30. The van der Waals surface area contributed by atoms with Crippen molar-refractivity contribution in [1.29, 1.82) is 0 Å². The van der Waals surface area contributed by atoms with Crippen molar-refractivity contribution in [2.75, 3.05) is 43.3 Å². The first kappa shape index (κ1) is 27.6. The topological polar surface area (TPSA) is 81.3 Å². The van der Waals surface area contributed by atoms with Crippen LogP contribution in [0.25, 0.3) is 33.4 Å². The number of carboxylic acids is 1. The zero-order valence-electron chi connectivity index (χ0n) is 24.5. The minimum atomic E-state index is -0.982. The van der Waals surface area contributed by atoms with Crippen LogP contribution in [0.15, 0.2) is 119 Å². The maximum Gasteiger partial charge on any atom is 0.336 e. The summed E-state index contributed by atoms with van der Waals surface area (Å²) in [5, 5.41) is 15.1. The van der Waals surface area contributed by atoms with Crippen LogP contribution in [-0.2, 0) is 0 Å². The fraction of sp³-hybridized carbons (Fsp3) is 0.111. The average Bonchev–Trinajstić information content (AvgIpc) is 3.00. The van der Waals surface area contributed by atoms with Crippen molar-refractivity contribution in [3.05, 3.63) is 120 Å². The second-order valence-corrected chi connectivity index (χ2v) is 10.8. The van der Waals surface area contributed by atoms with E-state index in [1.165, 1.54) is 0 Å². The molecule has 214 valence electrons. The fourth-order valence-electron chi connectivity index (χ4n) is 5.19. The lowest BCUT2D eigenvalue weighted by Crippen LogP contribution is -2.08. The molecule has 6 rings (SSSR count). The third kappa shape index (κ3) is 5.65. The molecular formula is C36H32N4O3. The number of benzene rings is 5. The molecule has 1 aliphatic heterocycles. The van der Waals surface area contributed by atoms with Crippen LogP contribution < -0.4 is 20.5 Å². The van der Waals surface area contributed by atoms with Gasteiger partial charge in [0.05, 0.1) is 16.6 Å². The van der Waals surface area contributed by atoms with E-state index in [4.69, 9.17) is 9.41 Å². The second kappa shape index (κ2) is 11.4. The summed E-state index contributed by atoms with van der Waals surface area (Å²) < 4.78 is 6.51. The van der Waals surface area contributed by atoms with Crippen LogP contribution >= 0.6 is 0 Å². The molecule has 0 radical (unpaired) electrons. The molecule has 0 aromatic heterocycles. The monoisotopic (exact) mass is 568 g/mol. The van der Waals surface area contributed by atoms with Crippen LogP contribution in [0, 0.1) is 0 Å². The van der Waals surface area contributed by atoms with Crippen molar-refractivity contribution in [2.45, 2.75) is 0 Å². The number of anilines is 4. The Morgan fingerprint density at radius 3 is 2.05 bits per heavy atom. The maximum atomic E-state index is 12.3. The van der Waals surface area contributed by atoms with Crippen molar-refractivity contribution in [1.82, 2.24) is 0 Å². The molecule has 0 bridgehead atoms. The Balaban J connectivity index is 1.51. The van der Waals surface area contributed by atoms with E-state index in [9.17, 15) is 9.90 Å². The van der Waals surface area contributed by atoms with E-state index < -0.39 is 5.97 Å². The maximum absolute atomic E-state index is 12.3. The summed E-state index contributed by atoms with van der Waals surface area (Å²) in [5.41, 5.74) is 7.94. The molecule has 0 saturated carbocycles. The van der Waals surface area contributed by atoms with Crippen LogP contribution in [0.4, 0.5) is 28.4 Å². The minimum absolute atomic E-state index is 0.231. The van der Waals surface area contributed by atoms with Gasteiger partial charge in [-0.1, -0.05) is 18.2 Å². The highest BCUT2D eigenvalue weighted by Crippen LogP contribution is 2.42. The standard InChI is InChI=1S/C36H32N4O3/c1-39(2)27-15-9-23(10-16-27)37-25-13-19-31-33(21-25)43-34-22-26(38-24-11-17-28(18-12-24)40(3)4)14-20-32(34)35(31)29-7-5-6-8-30(29)36(41)42/h5-22,37H,1-4H3,(H,41,42)/b38-26-. The van der Waals surface area contributed by atoms with Crippen LogP contribution in [0.5, 0.6) is 0 Å². The normalized spacial score (nSPS) is 11.6. The van der Waals surface area contributed by atoms with Gasteiger partial charge in [-0.3, -0.25) is 0 Å². The molecule has 0 amide bonds. The van der Waals surface area contributed by atoms with Gasteiger partial charge in [-0.2, -0.15) is 0 Å². The summed E-state index contributed by atoms with van der Waals surface area (Å²) in [6, 6.07) is 35.0. The summed E-state index contributed by atoms with van der Waals surface area (Å²) >= 11 is 0. The van der Waals surface area contributed by atoms with Gasteiger partial charge in [0, 0.05) is 79.6 Å². The van der Waals surface area contributed by atoms with Crippen LogP contribution in [0.3, 0.4) is 0 Å². The third-order valence-electron chi connectivity index (χ3n) is 7.43. The number of rotatable bonds is 7. The summed E-state index contributed by atoms with van der Waals surface area (Å²) in [5.74, 6) is -0.369. The van der Waals surface area contributed by atoms with Gasteiger partial charge in [0.2, 0.25) is 0 Å². The van der Waals surface area contributed by atoms with E-state index in [0.717, 1.165) is 50.3 Å². The number of aromatic carboxylic acids is 1. The van der Waals surface area contributed by atoms with Gasteiger partial charge in [0.15, 0.2) is 0 Å². The van der Waals surface area contributed by atoms with Crippen molar-refractivity contribution in [2.24, 2.45) is 4.99 Å². The minimum Gasteiger partial charge on any atom is -0.478 e. The lowest BCUT2D eigenvalue weighted by atomic mass is 9.90. The van der Waals surface area contributed by atoms with Gasteiger partial charge < -0.3 is 24.6 Å². The molecule has 7 nitrogen and oxygen atoms in total. The number of hydrogen-bond donors (Lipinski definition) is 2. The number of nitrogens with zero attached hydrogens (tertiary/aromatic N) is 3. The highest BCUT2D eigenvalue weighted by atomic mass is 16.4. The molecule has 4 aromatic carbocycles. The van der Waals surface area contributed by atoms with Gasteiger partial charge in [0.25, 0.3) is 0 Å². The second-order valence-electron chi connectivity index (χ2n) is 10.8. The molecule has 0 unspecified atom stereocenters. The number of carboxylic acid groups (broad SMARTS) is 1. The molecule has 1 aliphatic carbocycles. The van der Waals surface area contributed by atoms with Crippen LogP contribution in [0.1, 0.15) is 10.4 Å². The molecule has 0 saturated heterocycles. The predicted molar refractivity (Wildman–Crippen MR) is 175 cm³/mol. The highest BCUT2D eigenvalue weighted by Gasteiger charge is 2.21. The van der Waals surface area contributed by atoms with E-state index >= 15 is 0 Å². The zero-order chi connectivity index (χ0) is 30.1. The number of carbonyl (C=O) groups is 1. The van der Waals surface area contributed by atoms with Crippen LogP contribution in [-0.4, -0.2) is 39.3 Å². The van der Waals surface area contributed by atoms with Crippen molar-refractivity contribution < 1.29 is 14.3 Å². The largest absolute Gasteiger partial charge is 0.478 e. The Labute approximate surface area is 250 Å². The molecule has 1 heterocycles.